The first-order chi connectivity index (χ1) is 26.0. The van der Waals surface area contributed by atoms with Crippen LogP contribution >= 0.6 is 0 Å². The van der Waals surface area contributed by atoms with Crippen molar-refractivity contribution in [2.45, 2.75) is 192 Å². The molecule has 0 spiro atoms. The Kier molecular flexibility index (Phi) is 12.7. The SMILES string of the molecule is CC(C)=CCC[C@](C)(O[C@@H]1O[C@H](CO)[C@@H](O[C@@H]2O[C@H](CO)[C@H](O)[C@H](O)[C@H]2O)[C@H](O)[C@H]1O)[C@H]1CC[C@]2(C)[C@@H]1[C@H](O)C[C@@H]1[C@@]3(C)CC[C@H](O)C(C)(C)C3[C@@H](O)C[C@]12C. The Labute approximate surface area is 331 Å². The van der Waals surface area contributed by atoms with Gasteiger partial charge in [-0.05, 0) is 117 Å². The highest BCUT2D eigenvalue weighted by Gasteiger charge is 2.73. The number of fused-ring (bicyclic) bond motifs is 5. The average molecular weight is 801 g/mol. The normalized spacial score (nSPS) is 52.6. The number of allylic oxidation sites excluding steroid dienone is 2. The molecule has 14 heteroatoms. The third kappa shape index (κ3) is 7.06. The van der Waals surface area contributed by atoms with Crippen molar-refractivity contribution in [3.05, 3.63) is 11.6 Å². The van der Waals surface area contributed by atoms with E-state index in [2.05, 4.69) is 40.7 Å². The minimum absolute atomic E-state index is 0.104. The molecule has 4 saturated carbocycles. The summed E-state index contributed by atoms with van der Waals surface area (Å²) in [6.45, 7) is 15.6. The molecule has 4 aliphatic carbocycles. The molecule has 0 radical (unpaired) electrons. The molecular formula is C42H72O14. The third-order valence-corrected chi connectivity index (χ3v) is 16.6. The molecule has 0 aromatic rings. The zero-order valence-electron chi connectivity index (χ0n) is 34.6. The Morgan fingerprint density at radius 1 is 0.750 bits per heavy atom. The number of hydrogen-bond acceptors (Lipinski definition) is 14. The maximum absolute atomic E-state index is 12.4. The van der Waals surface area contributed by atoms with E-state index >= 15 is 0 Å². The van der Waals surface area contributed by atoms with Crippen molar-refractivity contribution in [3.8, 4) is 0 Å². The van der Waals surface area contributed by atoms with Crippen LogP contribution in [-0.2, 0) is 18.9 Å². The van der Waals surface area contributed by atoms with Gasteiger partial charge in [-0.25, -0.2) is 0 Å². The quantitative estimate of drug-likeness (QED) is 0.140. The highest BCUT2D eigenvalue weighted by Crippen LogP contribution is 2.76. The largest absolute Gasteiger partial charge is 0.394 e. The van der Waals surface area contributed by atoms with Crippen molar-refractivity contribution >= 4 is 0 Å². The fourth-order valence-corrected chi connectivity index (χ4v) is 13.5. The molecule has 1 unspecified atom stereocenters. The van der Waals surface area contributed by atoms with E-state index < -0.39 is 109 Å². The molecule has 0 aromatic heterocycles. The Bertz CT molecular complexity index is 1400. The zero-order chi connectivity index (χ0) is 41.5. The monoisotopic (exact) mass is 800 g/mol. The molecule has 6 aliphatic rings. The molecule has 0 aromatic carbocycles. The predicted octanol–water partition coefficient (Wildman–Crippen LogP) is 1.12. The summed E-state index contributed by atoms with van der Waals surface area (Å²) in [5, 5.41) is 110. The highest BCUT2D eigenvalue weighted by molar-refractivity contribution is 5.22. The molecule has 10 N–H and O–H groups in total. The summed E-state index contributed by atoms with van der Waals surface area (Å²) in [5.74, 6) is -0.477. The Morgan fingerprint density at radius 2 is 1.38 bits per heavy atom. The molecule has 6 fully saturated rings. The topological polar surface area (TPSA) is 239 Å². The first kappa shape index (κ1) is 44.7. The second-order valence-electron chi connectivity index (χ2n) is 20.2. The molecule has 0 bridgehead atoms. The van der Waals surface area contributed by atoms with Crippen LogP contribution in [0.5, 0.6) is 0 Å². The van der Waals surface area contributed by atoms with E-state index in [9.17, 15) is 51.1 Å². The zero-order valence-corrected chi connectivity index (χ0v) is 34.6. The Hall–Kier alpha value is -0.820. The third-order valence-electron chi connectivity index (χ3n) is 16.6. The second-order valence-corrected chi connectivity index (χ2v) is 20.2. The number of hydrogen-bond donors (Lipinski definition) is 10. The van der Waals surface area contributed by atoms with E-state index in [1.54, 1.807) is 0 Å². The van der Waals surface area contributed by atoms with E-state index in [4.69, 9.17) is 18.9 Å². The van der Waals surface area contributed by atoms with Gasteiger partial charge in [0.1, 0.15) is 48.8 Å². The van der Waals surface area contributed by atoms with Crippen LogP contribution < -0.4 is 0 Å². The van der Waals surface area contributed by atoms with Gasteiger partial charge in [0.15, 0.2) is 12.6 Å². The van der Waals surface area contributed by atoms with Crippen molar-refractivity contribution in [1.82, 2.24) is 0 Å². The van der Waals surface area contributed by atoms with E-state index in [1.807, 2.05) is 20.8 Å². The van der Waals surface area contributed by atoms with Gasteiger partial charge in [-0.2, -0.15) is 0 Å². The van der Waals surface area contributed by atoms with Gasteiger partial charge < -0.3 is 70.0 Å². The molecule has 0 amide bonds. The van der Waals surface area contributed by atoms with Crippen molar-refractivity contribution in [2.75, 3.05) is 13.2 Å². The maximum atomic E-state index is 12.4. The molecule has 21 atom stereocenters. The number of aliphatic hydroxyl groups is 10. The van der Waals surface area contributed by atoms with Crippen LogP contribution in [-0.4, -0.2) is 150 Å². The molecule has 2 aliphatic heterocycles. The first-order valence-corrected chi connectivity index (χ1v) is 21.0. The van der Waals surface area contributed by atoms with Crippen molar-refractivity contribution in [2.24, 2.45) is 45.3 Å². The van der Waals surface area contributed by atoms with Crippen LogP contribution in [0.4, 0.5) is 0 Å². The molecule has 14 nitrogen and oxygen atoms in total. The van der Waals surface area contributed by atoms with Gasteiger partial charge in [-0.15, -0.1) is 0 Å². The second kappa shape index (κ2) is 15.9. The highest BCUT2D eigenvalue weighted by atomic mass is 16.7. The lowest BCUT2D eigenvalue weighted by Gasteiger charge is -2.71. The van der Waals surface area contributed by atoms with E-state index in [0.29, 0.717) is 38.5 Å². The standard InChI is InChI=1S/C42H72O14/c1-20(2)10-9-13-42(8,56-37-33(52)31(50)34(25(19-44)54-37)55-36-32(51)30(49)29(48)24(18-43)53-36)21-11-15-40(6)28(21)22(45)16-26-39(5)14-12-27(47)38(3,4)35(39)23(46)17-41(26,40)7/h10,21-37,43-52H,9,11-19H2,1-8H3/t21-,22+,23-,24+,25+,26+,27-,28-,29-,30-,31+,32+,33+,34+,35?,36-,37-,39+,40+,41+,42-/m0/s1. The lowest BCUT2D eigenvalue weighted by atomic mass is 9.34. The van der Waals surface area contributed by atoms with Gasteiger partial charge in [0.2, 0.25) is 0 Å². The molecule has 2 heterocycles. The molecule has 6 rings (SSSR count). The molecule has 324 valence electrons. The van der Waals surface area contributed by atoms with Gasteiger partial charge in [0.05, 0.1) is 37.1 Å². The van der Waals surface area contributed by atoms with E-state index in [1.165, 1.54) is 0 Å². The number of rotatable bonds is 10. The van der Waals surface area contributed by atoms with E-state index in [-0.39, 0.29) is 34.5 Å². The number of ether oxygens (including phenoxy) is 4. The van der Waals surface area contributed by atoms with Crippen molar-refractivity contribution in [1.29, 1.82) is 0 Å². The summed E-state index contributed by atoms with van der Waals surface area (Å²) in [5.41, 5.74) is -1.42. The lowest BCUT2D eigenvalue weighted by molar-refractivity contribution is -0.372. The van der Waals surface area contributed by atoms with E-state index in [0.717, 1.165) is 18.4 Å². The molecule has 2 saturated heterocycles. The van der Waals surface area contributed by atoms with Crippen molar-refractivity contribution in [3.63, 3.8) is 0 Å². The van der Waals surface area contributed by atoms with Gasteiger partial charge in [-0.3, -0.25) is 0 Å². The lowest BCUT2D eigenvalue weighted by Crippen LogP contribution is -2.70. The van der Waals surface area contributed by atoms with Gasteiger partial charge >= 0.3 is 0 Å². The minimum Gasteiger partial charge on any atom is -0.394 e. The van der Waals surface area contributed by atoms with Crippen LogP contribution in [0.1, 0.15) is 107 Å². The number of aliphatic hydroxyl groups excluding tert-OH is 10. The Balaban J connectivity index is 1.28. The first-order valence-electron chi connectivity index (χ1n) is 21.0. The summed E-state index contributed by atoms with van der Waals surface area (Å²) >= 11 is 0. The fraction of sp³-hybridized carbons (Fsp3) is 0.952. The van der Waals surface area contributed by atoms with Gasteiger partial charge in [0, 0.05) is 0 Å². The molecule has 56 heavy (non-hydrogen) atoms. The van der Waals surface area contributed by atoms with Gasteiger partial charge in [-0.1, -0.05) is 46.3 Å². The van der Waals surface area contributed by atoms with Crippen molar-refractivity contribution < 1.29 is 70.0 Å². The van der Waals surface area contributed by atoms with Crippen LogP contribution in [0.15, 0.2) is 11.6 Å². The van der Waals surface area contributed by atoms with Crippen LogP contribution in [0.3, 0.4) is 0 Å². The van der Waals surface area contributed by atoms with Crippen LogP contribution in [0.25, 0.3) is 0 Å². The minimum atomic E-state index is -1.78. The fourth-order valence-electron chi connectivity index (χ4n) is 13.5. The summed E-state index contributed by atoms with van der Waals surface area (Å²) < 4.78 is 24.3. The Morgan fingerprint density at radius 3 is 2.00 bits per heavy atom. The van der Waals surface area contributed by atoms with Gasteiger partial charge in [0.25, 0.3) is 0 Å². The maximum Gasteiger partial charge on any atom is 0.187 e. The summed E-state index contributed by atoms with van der Waals surface area (Å²) in [4.78, 5) is 0. The summed E-state index contributed by atoms with van der Waals surface area (Å²) in [6.07, 6.45) is -10.3. The predicted molar refractivity (Wildman–Crippen MR) is 202 cm³/mol. The van der Waals surface area contributed by atoms with Crippen LogP contribution in [0, 0.1) is 45.3 Å². The van der Waals surface area contributed by atoms with Crippen LogP contribution in [0.2, 0.25) is 0 Å². The average Bonchev–Trinajstić information content (AvgIpc) is 3.51. The summed E-state index contributed by atoms with van der Waals surface area (Å²) in [6, 6.07) is 0. The molecular weight excluding hydrogens is 728 g/mol. The summed E-state index contributed by atoms with van der Waals surface area (Å²) in [7, 11) is 0. The smallest absolute Gasteiger partial charge is 0.187 e.